The summed E-state index contributed by atoms with van der Waals surface area (Å²) in [5.74, 6) is 3.62. The summed E-state index contributed by atoms with van der Waals surface area (Å²) in [4.78, 5) is 29.7. The van der Waals surface area contributed by atoms with Gasteiger partial charge in [0.1, 0.15) is 0 Å². The van der Waals surface area contributed by atoms with Crippen LogP contribution in [0.2, 0.25) is 0 Å². The maximum absolute atomic E-state index is 5.04. The lowest BCUT2D eigenvalue weighted by molar-refractivity contribution is 1.04. The van der Waals surface area contributed by atoms with Crippen LogP contribution in [0.3, 0.4) is 0 Å². The molecule has 10 aromatic rings. The van der Waals surface area contributed by atoms with Gasteiger partial charge in [0.25, 0.3) is 0 Å². The minimum absolute atomic E-state index is 0.519. The number of rotatable bonds is 10. The number of fused-ring (bicyclic) bond motifs is 2. The normalized spacial score (nSPS) is 11.7. The van der Waals surface area contributed by atoms with Crippen LogP contribution in [-0.2, 0) is 0 Å². The third-order valence-electron chi connectivity index (χ3n) is 11.0. The second kappa shape index (κ2) is 17.2. The maximum atomic E-state index is 5.04. The zero-order valence-electron chi connectivity index (χ0n) is 34.6. The second-order valence-corrected chi connectivity index (χ2v) is 15.2. The molecule has 6 heteroatoms. The average Bonchev–Trinajstić information content (AvgIpc) is 3.36. The Kier molecular flexibility index (Phi) is 10.6. The van der Waals surface area contributed by atoms with Crippen LogP contribution in [0.5, 0.6) is 0 Å². The molecule has 0 unspecified atom stereocenters. The van der Waals surface area contributed by atoms with Gasteiger partial charge >= 0.3 is 0 Å². The molecule has 10 rings (SSSR count). The molecule has 0 N–H and O–H groups in total. The van der Waals surface area contributed by atoms with E-state index in [1.54, 1.807) is 0 Å². The van der Waals surface area contributed by atoms with E-state index in [1.165, 1.54) is 0 Å². The predicted octanol–water partition coefficient (Wildman–Crippen LogP) is 14.0. The second-order valence-electron chi connectivity index (χ2n) is 15.2. The monoisotopic (exact) mass is 808 g/mol. The predicted molar refractivity (Wildman–Crippen MR) is 259 cm³/mol. The molecule has 0 amide bonds. The molecule has 63 heavy (non-hydrogen) atoms. The van der Waals surface area contributed by atoms with E-state index in [0.717, 1.165) is 71.6 Å². The Morgan fingerprint density at radius 3 is 1.48 bits per heavy atom. The average molecular weight is 809 g/mol. The number of hydrogen-bond acceptors (Lipinski definition) is 6. The summed E-state index contributed by atoms with van der Waals surface area (Å²) in [6.45, 7) is 6.54. The van der Waals surface area contributed by atoms with E-state index in [9.17, 15) is 0 Å². The Bertz CT molecular complexity index is 3280. The first-order valence-corrected chi connectivity index (χ1v) is 20.9. The van der Waals surface area contributed by atoms with E-state index < -0.39 is 0 Å². The lowest BCUT2D eigenvalue weighted by Crippen LogP contribution is -2.02. The lowest BCUT2D eigenvalue weighted by Gasteiger charge is -2.12. The van der Waals surface area contributed by atoms with Crippen LogP contribution in [0.4, 0.5) is 0 Å². The highest BCUT2D eigenvalue weighted by Crippen LogP contribution is 2.34. The van der Waals surface area contributed by atoms with Crippen LogP contribution in [-0.4, -0.2) is 29.9 Å². The molecule has 0 saturated carbocycles. The van der Waals surface area contributed by atoms with Gasteiger partial charge in [0.2, 0.25) is 0 Å². The molecule has 8 aromatic carbocycles. The third kappa shape index (κ3) is 8.09. The van der Waals surface area contributed by atoms with Gasteiger partial charge in [-0.15, -0.1) is 0 Å². The van der Waals surface area contributed by atoms with E-state index in [-0.39, 0.29) is 0 Å². The summed E-state index contributed by atoms with van der Waals surface area (Å²) >= 11 is 0. The highest BCUT2D eigenvalue weighted by molar-refractivity contribution is 6.00. The van der Waals surface area contributed by atoms with Crippen LogP contribution in [0.1, 0.15) is 18.3 Å². The van der Waals surface area contributed by atoms with Gasteiger partial charge in [-0.05, 0) is 62.9 Å². The van der Waals surface area contributed by atoms with Gasteiger partial charge in [-0.3, -0.25) is 0 Å². The molecule has 0 bridgehead atoms. The molecule has 0 saturated heterocycles. The fourth-order valence-electron chi connectivity index (χ4n) is 7.89. The number of aromatic nitrogens is 6. The first kappa shape index (κ1) is 38.7. The first-order valence-electron chi connectivity index (χ1n) is 20.9. The number of allylic oxidation sites excluding steroid dienone is 5. The molecule has 2 heterocycles. The van der Waals surface area contributed by atoms with Crippen LogP contribution in [0.25, 0.3) is 101 Å². The Morgan fingerprint density at radius 2 is 0.857 bits per heavy atom. The summed E-state index contributed by atoms with van der Waals surface area (Å²) in [5, 5.41) is 4.47. The number of hydrogen-bond donors (Lipinski definition) is 0. The van der Waals surface area contributed by atoms with Gasteiger partial charge in [0.05, 0.1) is 0 Å². The minimum atomic E-state index is 0.519. The lowest BCUT2D eigenvalue weighted by atomic mass is 9.94. The molecule has 6 nitrogen and oxygen atoms in total. The molecule has 2 aromatic heterocycles. The Hall–Kier alpha value is -8.48. The molecule has 0 radical (unpaired) electrons. The first-order chi connectivity index (χ1) is 31.1. The van der Waals surface area contributed by atoms with Crippen LogP contribution < -0.4 is 0 Å². The van der Waals surface area contributed by atoms with Crippen molar-refractivity contribution in [3.63, 3.8) is 0 Å². The summed E-state index contributed by atoms with van der Waals surface area (Å²) < 4.78 is 0. The molecule has 298 valence electrons. The Morgan fingerprint density at radius 1 is 0.397 bits per heavy atom. The summed E-state index contributed by atoms with van der Waals surface area (Å²) in [7, 11) is 0. The SMILES string of the molecule is C=C(/C=C(\C=C/C)c1ccc2c(-c3ccc(-c4nc(-c5ccccc5)nc(-c5ccccc5)n4)cc3)cccc2c1)c1nc(-c2ccccc2)nc(-c2cccc3ccccc23)n1. The molecule has 0 aliphatic carbocycles. The van der Waals surface area contributed by atoms with Crippen molar-refractivity contribution in [2.75, 3.05) is 0 Å². The van der Waals surface area contributed by atoms with Gasteiger partial charge in [-0.1, -0.05) is 207 Å². The summed E-state index contributed by atoms with van der Waals surface area (Å²) in [5.41, 5.74) is 9.62. The fourth-order valence-corrected chi connectivity index (χ4v) is 7.89. The topological polar surface area (TPSA) is 77.3 Å². The standard InChI is InChI=1S/C57H40N6/c1-3-17-45(36-38(2)52-58-53(41-19-7-4-8-20-41)63-57(59-52)51-29-15-25-39-18-13-14-27-49(39)51)46-34-35-50-47(37-46)26-16-28-48(50)40-30-32-44(33-31-40)56-61-54(42-21-9-5-10-22-42)60-55(62-56)43-23-11-6-12-24-43/h3-37H,2H2,1H3/b17-3-,45-36+. The van der Waals surface area contributed by atoms with Gasteiger partial charge < -0.3 is 0 Å². The van der Waals surface area contributed by atoms with Gasteiger partial charge in [0, 0.05) is 33.4 Å². The molecular formula is C57H40N6. The maximum Gasteiger partial charge on any atom is 0.164 e. The van der Waals surface area contributed by atoms with Gasteiger partial charge in [-0.25, -0.2) is 29.9 Å². The quantitative estimate of drug-likeness (QED) is 0.128. The molecule has 0 spiro atoms. The van der Waals surface area contributed by atoms with Crippen molar-refractivity contribution in [2.45, 2.75) is 6.92 Å². The van der Waals surface area contributed by atoms with E-state index in [4.69, 9.17) is 29.9 Å². The molecule has 0 fully saturated rings. The summed E-state index contributed by atoms with van der Waals surface area (Å²) in [6.07, 6.45) is 6.21. The minimum Gasteiger partial charge on any atom is -0.208 e. The number of nitrogens with zero attached hydrogens (tertiary/aromatic N) is 6. The molecule has 0 atom stereocenters. The largest absolute Gasteiger partial charge is 0.208 e. The number of benzene rings is 8. The van der Waals surface area contributed by atoms with Crippen molar-refractivity contribution in [1.29, 1.82) is 0 Å². The Labute approximate surface area is 366 Å². The van der Waals surface area contributed by atoms with Crippen molar-refractivity contribution in [3.05, 3.63) is 230 Å². The highest BCUT2D eigenvalue weighted by atomic mass is 15.0. The molecular weight excluding hydrogens is 769 g/mol. The molecule has 0 aliphatic rings. The van der Waals surface area contributed by atoms with Crippen molar-refractivity contribution in [3.8, 4) is 68.1 Å². The highest BCUT2D eigenvalue weighted by Gasteiger charge is 2.16. The van der Waals surface area contributed by atoms with Crippen LogP contribution in [0.15, 0.2) is 219 Å². The van der Waals surface area contributed by atoms with Crippen molar-refractivity contribution in [2.24, 2.45) is 0 Å². The van der Waals surface area contributed by atoms with Crippen molar-refractivity contribution in [1.82, 2.24) is 29.9 Å². The summed E-state index contributed by atoms with van der Waals surface area (Å²) in [6, 6.07) is 66.2. The Balaban J connectivity index is 0.986. The fraction of sp³-hybridized carbons (Fsp3) is 0.0175. The van der Waals surface area contributed by atoms with Gasteiger partial charge in [-0.2, -0.15) is 0 Å². The van der Waals surface area contributed by atoms with E-state index >= 15 is 0 Å². The molecule has 0 aliphatic heterocycles. The van der Waals surface area contributed by atoms with E-state index in [0.29, 0.717) is 40.5 Å². The van der Waals surface area contributed by atoms with Crippen LogP contribution in [0, 0.1) is 0 Å². The van der Waals surface area contributed by atoms with Crippen molar-refractivity contribution >= 4 is 32.7 Å². The zero-order valence-corrected chi connectivity index (χ0v) is 34.6. The third-order valence-corrected chi connectivity index (χ3v) is 11.0. The van der Waals surface area contributed by atoms with E-state index in [2.05, 4.69) is 104 Å². The zero-order chi connectivity index (χ0) is 42.5. The smallest absolute Gasteiger partial charge is 0.164 e. The van der Waals surface area contributed by atoms with E-state index in [1.807, 2.05) is 122 Å². The van der Waals surface area contributed by atoms with Crippen LogP contribution >= 0.6 is 0 Å². The van der Waals surface area contributed by atoms with Gasteiger partial charge in [0.15, 0.2) is 34.9 Å². The van der Waals surface area contributed by atoms with Crippen molar-refractivity contribution < 1.29 is 0 Å².